The van der Waals surface area contributed by atoms with Crippen molar-refractivity contribution in [3.05, 3.63) is 10.9 Å². The van der Waals surface area contributed by atoms with Gasteiger partial charge in [0.05, 0.1) is 0 Å². The number of rotatable bonds is 1. The zero-order chi connectivity index (χ0) is 8.27. The molecule has 0 aromatic heterocycles. The Morgan fingerprint density at radius 1 is 1.55 bits per heavy atom. The molecule has 0 aromatic rings. The molecule has 0 aromatic carbocycles. The fourth-order valence-electron chi connectivity index (χ4n) is 0.695. The molecule has 2 N–H and O–H groups in total. The Morgan fingerprint density at radius 2 is 2.18 bits per heavy atom. The van der Waals surface area contributed by atoms with Gasteiger partial charge >= 0.3 is 0 Å². The van der Waals surface area contributed by atoms with E-state index in [0.29, 0.717) is 18.4 Å². The van der Waals surface area contributed by atoms with Gasteiger partial charge in [0.15, 0.2) is 0 Å². The summed E-state index contributed by atoms with van der Waals surface area (Å²) in [6.45, 7) is 0.853. The SMILES string of the molecule is CN/C(Cl)=C1/OCCOC1=N. The number of halogens is 1. The fraction of sp³-hybridized carbons (Fsp3) is 0.500. The summed E-state index contributed by atoms with van der Waals surface area (Å²) in [6, 6.07) is 0. The van der Waals surface area contributed by atoms with Gasteiger partial charge in [-0.2, -0.15) is 0 Å². The standard InChI is InChI=1S/C6H9ClN2O2/c1-9-5(7)4-6(8)11-3-2-10-4/h8-9H,2-3H2,1H3/b5-4+,8-6?. The third kappa shape index (κ3) is 1.77. The second-order valence-corrected chi connectivity index (χ2v) is 2.30. The van der Waals surface area contributed by atoms with Crippen LogP contribution in [0.1, 0.15) is 0 Å². The van der Waals surface area contributed by atoms with E-state index in [1.165, 1.54) is 0 Å². The Balaban J connectivity index is 2.75. The molecule has 1 rings (SSSR count). The number of nitrogens with one attached hydrogen (secondary N) is 2. The van der Waals surface area contributed by atoms with Crippen molar-refractivity contribution in [3.63, 3.8) is 0 Å². The lowest BCUT2D eigenvalue weighted by Crippen LogP contribution is -2.24. The highest BCUT2D eigenvalue weighted by molar-refractivity contribution is 6.31. The lowest BCUT2D eigenvalue weighted by atomic mass is 10.5. The monoisotopic (exact) mass is 176 g/mol. The van der Waals surface area contributed by atoms with E-state index in [0.717, 1.165) is 0 Å². The van der Waals surface area contributed by atoms with Crippen LogP contribution in [0, 0.1) is 5.41 Å². The van der Waals surface area contributed by atoms with Crippen molar-refractivity contribution >= 4 is 17.5 Å². The maximum Gasteiger partial charge on any atom is 0.252 e. The van der Waals surface area contributed by atoms with Gasteiger partial charge < -0.3 is 14.8 Å². The first kappa shape index (κ1) is 8.20. The van der Waals surface area contributed by atoms with Crippen LogP contribution in [-0.4, -0.2) is 26.2 Å². The van der Waals surface area contributed by atoms with Crippen LogP contribution in [0.15, 0.2) is 10.9 Å². The Bertz CT molecular complexity index is 203. The Labute approximate surface area is 69.6 Å². The van der Waals surface area contributed by atoms with E-state index in [1.807, 2.05) is 0 Å². The summed E-state index contributed by atoms with van der Waals surface area (Å²) < 4.78 is 9.97. The van der Waals surface area contributed by atoms with Gasteiger partial charge in [0.1, 0.15) is 18.4 Å². The van der Waals surface area contributed by atoms with Crippen molar-refractivity contribution in [2.75, 3.05) is 20.3 Å². The maximum absolute atomic E-state index is 7.25. The molecule has 11 heavy (non-hydrogen) atoms. The number of ether oxygens (including phenoxy) is 2. The fourth-order valence-corrected chi connectivity index (χ4v) is 0.835. The van der Waals surface area contributed by atoms with Crippen molar-refractivity contribution < 1.29 is 9.47 Å². The molecule has 0 atom stereocenters. The summed E-state index contributed by atoms with van der Waals surface area (Å²) in [6.07, 6.45) is 0. The third-order valence-corrected chi connectivity index (χ3v) is 1.56. The lowest BCUT2D eigenvalue weighted by Gasteiger charge is -2.18. The highest BCUT2D eigenvalue weighted by atomic mass is 35.5. The molecule has 0 aliphatic carbocycles. The minimum atomic E-state index is -0.0180. The minimum absolute atomic E-state index is 0.0180. The summed E-state index contributed by atoms with van der Waals surface area (Å²) in [5, 5.41) is 10.2. The van der Waals surface area contributed by atoms with Gasteiger partial charge in [0.25, 0.3) is 5.90 Å². The normalized spacial score (nSPS) is 21.8. The first-order valence-corrected chi connectivity index (χ1v) is 3.55. The number of hydrogen-bond acceptors (Lipinski definition) is 4. The van der Waals surface area contributed by atoms with E-state index in [-0.39, 0.29) is 11.7 Å². The van der Waals surface area contributed by atoms with E-state index in [9.17, 15) is 0 Å². The molecule has 0 amide bonds. The van der Waals surface area contributed by atoms with Crippen LogP contribution in [0.25, 0.3) is 0 Å². The molecule has 4 nitrogen and oxygen atoms in total. The van der Waals surface area contributed by atoms with E-state index < -0.39 is 0 Å². The van der Waals surface area contributed by atoms with Gasteiger partial charge in [0.2, 0.25) is 5.76 Å². The third-order valence-electron chi connectivity index (χ3n) is 1.20. The van der Waals surface area contributed by atoms with Crippen molar-refractivity contribution in [1.82, 2.24) is 5.32 Å². The highest BCUT2D eigenvalue weighted by Gasteiger charge is 2.17. The molecule has 0 unspecified atom stereocenters. The largest absolute Gasteiger partial charge is 0.482 e. The summed E-state index contributed by atoms with van der Waals surface area (Å²) in [4.78, 5) is 0. The first-order chi connectivity index (χ1) is 5.25. The topological polar surface area (TPSA) is 54.3 Å². The number of hydrogen-bond donors (Lipinski definition) is 2. The van der Waals surface area contributed by atoms with Crippen molar-refractivity contribution in [2.24, 2.45) is 0 Å². The molecule has 62 valence electrons. The molecule has 1 saturated heterocycles. The molecule has 0 bridgehead atoms. The van der Waals surface area contributed by atoms with Crippen LogP contribution in [0.3, 0.4) is 0 Å². The molecular formula is C6H9ClN2O2. The van der Waals surface area contributed by atoms with Crippen LogP contribution in [0.4, 0.5) is 0 Å². The van der Waals surface area contributed by atoms with Gasteiger partial charge in [0, 0.05) is 7.05 Å². The Hall–Kier alpha value is -0.900. The van der Waals surface area contributed by atoms with Gasteiger partial charge in [-0.25, -0.2) is 0 Å². The summed E-state index contributed by atoms with van der Waals surface area (Å²) in [5.74, 6) is 0.260. The predicted octanol–water partition coefficient (Wildman–Crippen LogP) is 0.638. The van der Waals surface area contributed by atoms with Crippen LogP contribution >= 0.6 is 11.6 Å². The zero-order valence-electron chi connectivity index (χ0n) is 6.11. The van der Waals surface area contributed by atoms with Crippen molar-refractivity contribution in [3.8, 4) is 0 Å². The summed E-state index contributed by atoms with van der Waals surface area (Å²) in [7, 11) is 1.65. The average molecular weight is 177 g/mol. The molecule has 0 saturated carbocycles. The lowest BCUT2D eigenvalue weighted by molar-refractivity contribution is 0.114. The first-order valence-electron chi connectivity index (χ1n) is 3.17. The van der Waals surface area contributed by atoms with Crippen LogP contribution in [0.2, 0.25) is 0 Å². The second-order valence-electron chi connectivity index (χ2n) is 1.92. The smallest absolute Gasteiger partial charge is 0.252 e. The maximum atomic E-state index is 7.25. The summed E-state index contributed by atoms with van der Waals surface area (Å²) >= 11 is 5.66. The molecular weight excluding hydrogens is 168 g/mol. The molecule has 5 heteroatoms. The van der Waals surface area contributed by atoms with Crippen molar-refractivity contribution in [2.45, 2.75) is 0 Å². The Morgan fingerprint density at radius 3 is 2.73 bits per heavy atom. The van der Waals surface area contributed by atoms with E-state index in [4.69, 9.17) is 26.5 Å². The van der Waals surface area contributed by atoms with Crippen LogP contribution < -0.4 is 5.32 Å². The quantitative estimate of drug-likeness (QED) is 0.577. The molecule has 0 spiro atoms. The van der Waals surface area contributed by atoms with Crippen molar-refractivity contribution in [1.29, 1.82) is 5.41 Å². The Kier molecular flexibility index (Phi) is 2.59. The molecule has 1 aliphatic heterocycles. The van der Waals surface area contributed by atoms with Gasteiger partial charge in [-0.05, 0) is 0 Å². The van der Waals surface area contributed by atoms with Crippen LogP contribution in [0.5, 0.6) is 0 Å². The van der Waals surface area contributed by atoms with E-state index in [2.05, 4.69) is 5.32 Å². The minimum Gasteiger partial charge on any atom is -0.482 e. The van der Waals surface area contributed by atoms with Gasteiger partial charge in [-0.15, -0.1) is 0 Å². The summed E-state index contributed by atoms with van der Waals surface area (Å²) in [5.41, 5.74) is 0. The highest BCUT2D eigenvalue weighted by Crippen LogP contribution is 2.13. The molecule has 1 fully saturated rings. The molecule has 1 aliphatic rings. The average Bonchev–Trinajstić information content (AvgIpc) is 2.04. The van der Waals surface area contributed by atoms with E-state index in [1.54, 1.807) is 7.05 Å². The molecule has 1 heterocycles. The van der Waals surface area contributed by atoms with Gasteiger partial charge in [-0.3, -0.25) is 5.41 Å². The molecule has 0 radical (unpaired) electrons. The predicted molar refractivity (Wildman–Crippen MR) is 41.6 cm³/mol. The van der Waals surface area contributed by atoms with Crippen LogP contribution in [-0.2, 0) is 9.47 Å². The van der Waals surface area contributed by atoms with E-state index >= 15 is 0 Å². The van der Waals surface area contributed by atoms with Gasteiger partial charge in [-0.1, -0.05) is 11.6 Å². The zero-order valence-corrected chi connectivity index (χ0v) is 6.86. The second kappa shape index (κ2) is 3.48.